The fourth-order valence-electron chi connectivity index (χ4n) is 2.12. The maximum atomic E-state index is 11.6. The van der Waals surface area contributed by atoms with Gasteiger partial charge in [0.2, 0.25) is 0 Å². The summed E-state index contributed by atoms with van der Waals surface area (Å²) in [6.45, 7) is 4.13. The summed E-state index contributed by atoms with van der Waals surface area (Å²) in [5.41, 5.74) is 0. The van der Waals surface area contributed by atoms with Crippen LogP contribution < -0.4 is 0 Å². The van der Waals surface area contributed by atoms with Gasteiger partial charge in [0.15, 0.2) is 15.0 Å². The zero-order chi connectivity index (χ0) is 13.3. The zero-order valence-corrected chi connectivity index (χ0v) is 12.0. The molecule has 0 unspecified atom stereocenters. The molecular formula is C10H13ClN2O3S2. The Hall–Kier alpha value is -0.530. The van der Waals surface area contributed by atoms with Gasteiger partial charge >= 0.3 is 0 Å². The Bertz CT molecular complexity index is 503. The van der Waals surface area contributed by atoms with E-state index < -0.39 is 15.7 Å². The molecular weight excluding hydrogens is 296 g/mol. The first-order valence-electron chi connectivity index (χ1n) is 5.39. The van der Waals surface area contributed by atoms with Crippen LogP contribution in [0.5, 0.6) is 0 Å². The number of amides is 1. The molecule has 2 saturated heterocycles. The van der Waals surface area contributed by atoms with E-state index in [0.29, 0.717) is 11.7 Å². The Morgan fingerprint density at radius 2 is 2.33 bits per heavy atom. The molecule has 8 heteroatoms. The quantitative estimate of drug-likeness (QED) is 0.561. The zero-order valence-electron chi connectivity index (χ0n) is 9.58. The van der Waals surface area contributed by atoms with Gasteiger partial charge in [-0.1, -0.05) is 17.8 Å². The van der Waals surface area contributed by atoms with Crippen molar-refractivity contribution in [1.82, 2.24) is 4.90 Å². The molecule has 2 heterocycles. The van der Waals surface area contributed by atoms with Crippen molar-refractivity contribution in [2.24, 2.45) is 4.99 Å². The van der Waals surface area contributed by atoms with Gasteiger partial charge in [-0.05, 0) is 0 Å². The molecule has 0 aromatic rings. The van der Waals surface area contributed by atoms with Crippen molar-refractivity contribution in [3.05, 3.63) is 12.7 Å². The summed E-state index contributed by atoms with van der Waals surface area (Å²) in [6.07, 6.45) is 1.68. The lowest BCUT2D eigenvalue weighted by Crippen LogP contribution is -2.37. The molecule has 18 heavy (non-hydrogen) atoms. The maximum absolute atomic E-state index is 11.6. The average Bonchev–Trinajstić information content (AvgIpc) is 2.73. The Morgan fingerprint density at radius 3 is 2.94 bits per heavy atom. The van der Waals surface area contributed by atoms with Gasteiger partial charge in [-0.3, -0.25) is 4.79 Å². The average molecular weight is 309 g/mol. The second-order valence-electron chi connectivity index (χ2n) is 4.16. The second kappa shape index (κ2) is 5.22. The maximum Gasteiger partial charge on any atom is 0.262 e. The van der Waals surface area contributed by atoms with Gasteiger partial charge in [-0.15, -0.1) is 18.2 Å². The van der Waals surface area contributed by atoms with Crippen LogP contribution >= 0.6 is 23.4 Å². The number of nitrogens with zero attached hydrogens (tertiary/aromatic N) is 2. The van der Waals surface area contributed by atoms with Gasteiger partial charge in [-0.25, -0.2) is 8.42 Å². The number of halogens is 1. The number of aliphatic imine (C=N–C) groups is 1. The number of rotatable bonds is 3. The van der Waals surface area contributed by atoms with Crippen LogP contribution in [0.25, 0.3) is 0 Å². The third-order valence-corrected chi connectivity index (χ3v) is 6.31. The van der Waals surface area contributed by atoms with E-state index in [2.05, 4.69) is 11.6 Å². The summed E-state index contributed by atoms with van der Waals surface area (Å²) >= 11 is 6.77. The number of amidine groups is 1. The predicted molar refractivity (Wildman–Crippen MR) is 73.9 cm³/mol. The van der Waals surface area contributed by atoms with Crippen LogP contribution in [0.4, 0.5) is 0 Å². The van der Waals surface area contributed by atoms with Crippen molar-refractivity contribution >= 4 is 44.3 Å². The second-order valence-corrected chi connectivity index (χ2v) is 7.79. The van der Waals surface area contributed by atoms with Crippen LogP contribution in [0, 0.1) is 0 Å². The number of hydrogen-bond acceptors (Lipinski definition) is 4. The fraction of sp³-hybridized carbons (Fsp3) is 0.600. The highest BCUT2D eigenvalue weighted by Gasteiger charge is 2.48. The monoisotopic (exact) mass is 308 g/mol. The van der Waals surface area contributed by atoms with Gasteiger partial charge in [0.25, 0.3) is 5.91 Å². The summed E-state index contributed by atoms with van der Waals surface area (Å²) in [4.78, 5) is 17.0. The van der Waals surface area contributed by atoms with Crippen LogP contribution in [0.3, 0.4) is 0 Å². The van der Waals surface area contributed by atoms with Gasteiger partial charge < -0.3 is 4.90 Å². The minimum Gasteiger partial charge on any atom is -0.342 e. The molecule has 0 bridgehead atoms. The highest BCUT2D eigenvalue weighted by Crippen LogP contribution is 2.37. The Balaban J connectivity index is 2.24. The van der Waals surface area contributed by atoms with Gasteiger partial charge in [0, 0.05) is 11.8 Å². The minimum atomic E-state index is -2.98. The summed E-state index contributed by atoms with van der Waals surface area (Å²) < 4.78 is 23.2. The molecule has 2 fully saturated rings. The molecule has 0 radical (unpaired) electrons. The number of thioether (sulfide) groups is 1. The van der Waals surface area contributed by atoms with Crippen LogP contribution in [0.2, 0.25) is 0 Å². The molecule has 1 amide bonds. The lowest BCUT2D eigenvalue weighted by molar-refractivity contribution is -0.115. The number of carbonyl (C=O) groups excluding carboxylic acids is 1. The first kappa shape index (κ1) is 13.9. The summed E-state index contributed by atoms with van der Waals surface area (Å²) in [5.74, 6) is -0.313. The smallest absolute Gasteiger partial charge is 0.262 e. The minimum absolute atomic E-state index is 0.0446. The number of hydrogen-bond donors (Lipinski definition) is 0. The van der Waals surface area contributed by atoms with Crippen molar-refractivity contribution in [3.8, 4) is 0 Å². The van der Waals surface area contributed by atoms with Gasteiger partial charge in [-0.2, -0.15) is 4.99 Å². The van der Waals surface area contributed by atoms with E-state index in [1.54, 1.807) is 6.08 Å². The van der Waals surface area contributed by atoms with E-state index in [9.17, 15) is 13.2 Å². The SMILES string of the molecule is C=CCN1C(=NC(=O)CCl)S[C@H]2CS(=O)(=O)C[C@H]21. The first-order chi connectivity index (χ1) is 8.46. The molecule has 100 valence electrons. The third-order valence-electron chi connectivity index (χ3n) is 2.84. The largest absolute Gasteiger partial charge is 0.342 e. The fourth-order valence-corrected chi connectivity index (χ4v) is 6.16. The highest BCUT2D eigenvalue weighted by atomic mass is 35.5. The lowest BCUT2D eigenvalue weighted by Gasteiger charge is -2.22. The Morgan fingerprint density at radius 1 is 1.61 bits per heavy atom. The molecule has 0 aliphatic carbocycles. The summed E-state index contributed by atoms with van der Waals surface area (Å²) in [5, 5.41) is 0.516. The molecule has 0 spiro atoms. The number of alkyl halides is 1. The van der Waals surface area contributed by atoms with Crippen LogP contribution in [-0.4, -0.2) is 59.6 Å². The third kappa shape index (κ3) is 2.73. The summed E-state index contributed by atoms with van der Waals surface area (Å²) in [7, 11) is -2.98. The van der Waals surface area contributed by atoms with Gasteiger partial charge in [0.1, 0.15) is 5.88 Å². The van der Waals surface area contributed by atoms with E-state index >= 15 is 0 Å². The van der Waals surface area contributed by atoms with Crippen molar-refractivity contribution in [1.29, 1.82) is 0 Å². The van der Waals surface area contributed by atoms with Gasteiger partial charge in [0.05, 0.1) is 17.5 Å². The van der Waals surface area contributed by atoms with E-state index in [0.717, 1.165) is 0 Å². The summed E-state index contributed by atoms with van der Waals surface area (Å²) in [6, 6.07) is -0.111. The van der Waals surface area contributed by atoms with Crippen LogP contribution in [0.15, 0.2) is 17.6 Å². The van der Waals surface area contributed by atoms with E-state index in [1.165, 1.54) is 11.8 Å². The lowest BCUT2D eigenvalue weighted by atomic mass is 10.2. The molecule has 0 N–H and O–H groups in total. The standard InChI is InChI=1S/C10H13ClN2O3S2/c1-2-3-13-7-5-18(15,16)6-8(7)17-10(13)12-9(14)4-11/h2,7-8H,1,3-6H2/t7-,8+/m1/s1. The Labute approximate surface area is 115 Å². The van der Waals surface area contributed by atoms with E-state index in [4.69, 9.17) is 11.6 Å². The molecule has 0 aromatic carbocycles. The van der Waals surface area contributed by atoms with Crippen molar-refractivity contribution in [2.75, 3.05) is 23.9 Å². The van der Waals surface area contributed by atoms with Crippen LogP contribution in [-0.2, 0) is 14.6 Å². The molecule has 2 atom stereocenters. The van der Waals surface area contributed by atoms with E-state index in [-0.39, 0.29) is 28.7 Å². The van der Waals surface area contributed by atoms with Crippen LogP contribution in [0.1, 0.15) is 0 Å². The van der Waals surface area contributed by atoms with Crippen molar-refractivity contribution in [2.45, 2.75) is 11.3 Å². The topological polar surface area (TPSA) is 66.8 Å². The highest BCUT2D eigenvalue weighted by molar-refractivity contribution is 8.15. The van der Waals surface area contributed by atoms with Crippen molar-refractivity contribution in [3.63, 3.8) is 0 Å². The number of carbonyl (C=O) groups is 1. The normalized spacial score (nSPS) is 31.6. The number of fused-ring (bicyclic) bond motifs is 1. The first-order valence-corrected chi connectivity index (χ1v) is 8.62. The Kier molecular flexibility index (Phi) is 4.03. The number of sulfone groups is 1. The molecule has 0 aromatic heterocycles. The molecule has 0 saturated carbocycles. The molecule has 5 nitrogen and oxygen atoms in total. The molecule has 2 aliphatic heterocycles. The van der Waals surface area contributed by atoms with Crippen molar-refractivity contribution < 1.29 is 13.2 Å². The predicted octanol–water partition coefficient (Wildman–Crippen LogP) is 0.508. The molecule has 2 aliphatic rings. The van der Waals surface area contributed by atoms with E-state index in [1.807, 2.05) is 4.90 Å². The molecule has 2 rings (SSSR count).